The highest BCUT2D eigenvalue weighted by Crippen LogP contribution is 2.53. The van der Waals surface area contributed by atoms with E-state index in [2.05, 4.69) is 5.32 Å². The van der Waals surface area contributed by atoms with Gasteiger partial charge in [0.25, 0.3) is 0 Å². The van der Waals surface area contributed by atoms with E-state index in [0.717, 1.165) is 5.69 Å². The first-order valence-corrected chi connectivity index (χ1v) is 5.09. The minimum absolute atomic E-state index is 0.110. The summed E-state index contributed by atoms with van der Waals surface area (Å²) >= 11 is 11.5. The fourth-order valence-corrected chi connectivity index (χ4v) is 1.76. The number of benzene rings is 1. The van der Waals surface area contributed by atoms with Gasteiger partial charge in [-0.15, -0.1) is 23.2 Å². The maximum absolute atomic E-state index is 11.5. The quantitative estimate of drug-likeness (QED) is 0.777. The van der Waals surface area contributed by atoms with E-state index >= 15 is 0 Å². The number of halogens is 2. The molecule has 1 fully saturated rings. The Hall–Kier alpha value is -0.730. The third kappa shape index (κ3) is 2.02. The Bertz CT molecular complexity index is 350. The molecule has 1 amide bonds. The van der Waals surface area contributed by atoms with Gasteiger partial charge in [-0.3, -0.25) is 4.79 Å². The zero-order valence-corrected chi connectivity index (χ0v) is 8.85. The molecule has 0 aromatic heterocycles. The number of para-hydroxylation sites is 1. The molecule has 0 saturated heterocycles. The number of rotatable bonds is 2. The number of carbonyl (C=O) groups excluding carboxylic acids is 1. The molecule has 0 spiro atoms. The predicted octanol–water partition coefficient (Wildman–Crippen LogP) is 2.82. The van der Waals surface area contributed by atoms with Crippen LogP contribution in [0.5, 0.6) is 0 Å². The van der Waals surface area contributed by atoms with Crippen molar-refractivity contribution in [3.05, 3.63) is 30.3 Å². The molecule has 0 bridgehead atoms. The molecule has 1 unspecified atom stereocenters. The van der Waals surface area contributed by atoms with Crippen molar-refractivity contribution >= 4 is 34.8 Å². The van der Waals surface area contributed by atoms with Gasteiger partial charge < -0.3 is 5.32 Å². The zero-order chi connectivity index (χ0) is 10.2. The fourth-order valence-electron chi connectivity index (χ4n) is 1.25. The van der Waals surface area contributed by atoms with Crippen LogP contribution in [0, 0.1) is 5.92 Å². The summed E-state index contributed by atoms with van der Waals surface area (Å²) in [6, 6.07) is 9.25. The first-order chi connectivity index (χ1) is 6.59. The Balaban J connectivity index is 1.97. The summed E-state index contributed by atoms with van der Waals surface area (Å²) in [6.45, 7) is 0. The van der Waals surface area contributed by atoms with E-state index in [1.165, 1.54) is 0 Å². The summed E-state index contributed by atoms with van der Waals surface area (Å²) in [5.74, 6) is -0.382. The zero-order valence-electron chi connectivity index (χ0n) is 7.34. The van der Waals surface area contributed by atoms with Gasteiger partial charge in [-0.25, -0.2) is 0 Å². The summed E-state index contributed by atoms with van der Waals surface area (Å²) in [5.41, 5.74) is 0.772. The van der Waals surface area contributed by atoms with Crippen LogP contribution >= 0.6 is 23.2 Å². The van der Waals surface area contributed by atoms with Gasteiger partial charge >= 0.3 is 0 Å². The van der Waals surface area contributed by atoms with Crippen LogP contribution in [0.15, 0.2) is 30.3 Å². The van der Waals surface area contributed by atoms with Crippen molar-refractivity contribution in [3.8, 4) is 0 Å². The van der Waals surface area contributed by atoms with Gasteiger partial charge in [0.2, 0.25) is 5.91 Å². The van der Waals surface area contributed by atoms with Crippen LogP contribution in [0.1, 0.15) is 6.42 Å². The van der Waals surface area contributed by atoms with Crippen LogP contribution in [-0.2, 0) is 4.79 Å². The molecule has 74 valence electrons. The van der Waals surface area contributed by atoms with E-state index < -0.39 is 4.33 Å². The van der Waals surface area contributed by atoms with Gasteiger partial charge in [0, 0.05) is 5.69 Å². The Kier molecular flexibility index (Phi) is 2.41. The Morgan fingerprint density at radius 1 is 1.36 bits per heavy atom. The molecule has 1 aromatic rings. The van der Waals surface area contributed by atoms with Crippen LogP contribution in [0.2, 0.25) is 0 Å². The molecule has 1 N–H and O–H groups in total. The number of alkyl halides is 2. The summed E-state index contributed by atoms with van der Waals surface area (Å²) in [4.78, 5) is 11.5. The normalized spacial score (nSPS) is 22.9. The highest BCUT2D eigenvalue weighted by atomic mass is 35.5. The molecule has 1 aliphatic rings. The SMILES string of the molecule is O=C(Nc1ccccc1)C1CC1(Cl)Cl. The first-order valence-electron chi connectivity index (χ1n) is 4.33. The predicted molar refractivity (Wildman–Crippen MR) is 57.6 cm³/mol. The molecule has 4 heteroatoms. The lowest BCUT2D eigenvalue weighted by atomic mass is 10.3. The van der Waals surface area contributed by atoms with Gasteiger partial charge in [0.1, 0.15) is 4.33 Å². The summed E-state index contributed by atoms with van der Waals surface area (Å²) < 4.78 is -0.848. The second-order valence-electron chi connectivity index (χ2n) is 3.37. The average Bonchev–Trinajstić information content (AvgIpc) is 2.77. The van der Waals surface area contributed by atoms with Gasteiger partial charge in [-0.1, -0.05) is 18.2 Å². The fraction of sp³-hybridized carbons (Fsp3) is 0.300. The molecule has 0 aliphatic heterocycles. The average molecular weight is 230 g/mol. The highest BCUT2D eigenvalue weighted by Gasteiger charge is 2.56. The lowest BCUT2D eigenvalue weighted by Gasteiger charge is -2.03. The van der Waals surface area contributed by atoms with E-state index in [1.54, 1.807) is 0 Å². The van der Waals surface area contributed by atoms with Crippen LogP contribution in [-0.4, -0.2) is 10.2 Å². The number of anilines is 1. The third-order valence-electron chi connectivity index (χ3n) is 2.18. The Morgan fingerprint density at radius 2 is 1.93 bits per heavy atom. The van der Waals surface area contributed by atoms with Gasteiger partial charge in [0.15, 0.2) is 0 Å². The molecule has 0 heterocycles. The smallest absolute Gasteiger partial charge is 0.230 e. The second-order valence-corrected chi connectivity index (χ2v) is 4.92. The number of hydrogen-bond donors (Lipinski definition) is 1. The molecular weight excluding hydrogens is 221 g/mol. The molecule has 14 heavy (non-hydrogen) atoms. The number of nitrogens with one attached hydrogen (secondary N) is 1. The third-order valence-corrected chi connectivity index (χ3v) is 3.02. The van der Waals surface area contributed by atoms with Crippen molar-refractivity contribution < 1.29 is 4.79 Å². The summed E-state index contributed by atoms with van der Waals surface area (Å²) in [5, 5.41) is 2.75. The minimum atomic E-state index is -0.848. The second kappa shape index (κ2) is 3.44. The van der Waals surface area contributed by atoms with Gasteiger partial charge in [-0.2, -0.15) is 0 Å². The Labute approximate surface area is 92.2 Å². The van der Waals surface area contributed by atoms with Gasteiger partial charge in [0.05, 0.1) is 5.92 Å². The van der Waals surface area contributed by atoms with E-state index in [1.807, 2.05) is 30.3 Å². The molecule has 1 atom stereocenters. The maximum atomic E-state index is 11.5. The first kappa shape index (κ1) is 9.81. The van der Waals surface area contributed by atoms with E-state index in [-0.39, 0.29) is 11.8 Å². The van der Waals surface area contributed by atoms with E-state index in [0.29, 0.717) is 6.42 Å². The Morgan fingerprint density at radius 3 is 2.43 bits per heavy atom. The topological polar surface area (TPSA) is 29.1 Å². The maximum Gasteiger partial charge on any atom is 0.230 e. The minimum Gasteiger partial charge on any atom is -0.326 e. The lowest BCUT2D eigenvalue weighted by Crippen LogP contribution is -2.16. The van der Waals surface area contributed by atoms with Crippen molar-refractivity contribution in [2.45, 2.75) is 10.8 Å². The molecule has 2 rings (SSSR count). The van der Waals surface area contributed by atoms with Crippen LogP contribution in [0.25, 0.3) is 0 Å². The van der Waals surface area contributed by atoms with Crippen LogP contribution in [0.3, 0.4) is 0 Å². The summed E-state index contributed by atoms with van der Waals surface area (Å²) in [7, 11) is 0. The van der Waals surface area contributed by atoms with Crippen molar-refractivity contribution in [1.82, 2.24) is 0 Å². The lowest BCUT2D eigenvalue weighted by molar-refractivity contribution is -0.117. The van der Waals surface area contributed by atoms with E-state index in [4.69, 9.17) is 23.2 Å². The summed E-state index contributed by atoms with van der Waals surface area (Å²) in [6.07, 6.45) is 0.536. The molecular formula is C10H9Cl2NO. The monoisotopic (exact) mass is 229 g/mol. The van der Waals surface area contributed by atoms with Crippen LogP contribution in [0.4, 0.5) is 5.69 Å². The number of carbonyl (C=O) groups is 1. The standard InChI is InChI=1S/C10H9Cl2NO/c11-10(12)6-8(10)9(14)13-7-4-2-1-3-5-7/h1-5,8H,6H2,(H,13,14). The number of amides is 1. The molecule has 1 aromatic carbocycles. The largest absolute Gasteiger partial charge is 0.326 e. The van der Waals surface area contributed by atoms with Crippen molar-refractivity contribution in [2.75, 3.05) is 5.32 Å². The molecule has 1 saturated carbocycles. The van der Waals surface area contributed by atoms with Crippen molar-refractivity contribution in [1.29, 1.82) is 0 Å². The molecule has 2 nitrogen and oxygen atoms in total. The molecule has 1 aliphatic carbocycles. The number of hydrogen-bond acceptors (Lipinski definition) is 1. The van der Waals surface area contributed by atoms with Crippen molar-refractivity contribution in [2.24, 2.45) is 5.92 Å². The van der Waals surface area contributed by atoms with Crippen LogP contribution < -0.4 is 5.32 Å². The molecule has 0 radical (unpaired) electrons. The highest BCUT2D eigenvalue weighted by molar-refractivity contribution is 6.52. The van der Waals surface area contributed by atoms with Gasteiger partial charge in [-0.05, 0) is 18.6 Å². The van der Waals surface area contributed by atoms with Crippen molar-refractivity contribution in [3.63, 3.8) is 0 Å². The van der Waals surface area contributed by atoms with E-state index in [9.17, 15) is 4.79 Å².